The predicted octanol–water partition coefficient (Wildman–Crippen LogP) is 2.40. The minimum Gasteiger partial charge on any atom is -0.480 e. The Kier molecular flexibility index (Phi) is 5.76. The number of hydrogen-bond donors (Lipinski definition) is 1. The van der Waals surface area contributed by atoms with Gasteiger partial charge in [-0.1, -0.05) is 6.07 Å². The van der Waals surface area contributed by atoms with E-state index in [9.17, 15) is 9.59 Å². The van der Waals surface area contributed by atoms with Crippen LogP contribution < -0.4 is 4.74 Å². The Bertz CT molecular complexity index is 540. The third-order valence-corrected chi connectivity index (χ3v) is 3.09. The number of ether oxygens (including phenoxy) is 1. The number of rotatable bonds is 5. The summed E-state index contributed by atoms with van der Waals surface area (Å²) in [5.74, 6) is -0.612. The van der Waals surface area contributed by atoms with Gasteiger partial charge in [-0.2, -0.15) is 0 Å². The van der Waals surface area contributed by atoms with Crippen molar-refractivity contribution in [2.45, 2.75) is 13.0 Å². The molecular formula is C14H16BrNO4. The van der Waals surface area contributed by atoms with E-state index in [0.717, 1.165) is 11.6 Å². The first-order chi connectivity index (χ1) is 9.31. The summed E-state index contributed by atoms with van der Waals surface area (Å²) in [5, 5.41) is 8.57. The summed E-state index contributed by atoms with van der Waals surface area (Å²) >= 11 is 3.34. The lowest BCUT2D eigenvalue weighted by atomic mass is 10.2. The zero-order chi connectivity index (χ0) is 15.3. The first-order valence-corrected chi connectivity index (χ1v) is 6.69. The summed E-state index contributed by atoms with van der Waals surface area (Å²) in [7, 11) is 3.33. The first kappa shape index (κ1) is 16.2. The van der Waals surface area contributed by atoms with Crippen LogP contribution in [-0.4, -0.2) is 42.1 Å². The molecule has 0 bridgehead atoms. The number of benzene rings is 1. The van der Waals surface area contributed by atoms with Crippen molar-refractivity contribution in [3.8, 4) is 5.75 Å². The van der Waals surface area contributed by atoms with Gasteiger partial charge in [0.1, 0.15) is 5.75 Å². The van der Waals surface area contributed by atoms with Crippen molar-refractivity contribution in [3.05, 3.63) is 34.3 Å². The van der Waals surface area contributed by atoms with Gasteiger partial charge in [0.25, 0.3) is 5.91 Å². The maximum absolute atomic E-state index is 11.7. The van der Waals surface area contributed by atoms with E-state index in [0.29, 0.717) is 10.2 Å². The Morgan fingerprint density at radius 1 is 1.40 bits per heavy atom. The predicted molar refractivity (Wildman–Crippen MR) is 79.6 cm³/mol. The van der Waals surface area contributed by atoms with Crippen molar-refractivity contribution in [3.63, 3.8) is 0 Å². The number of carbonyl (C=O) groups excluding carboxylic acids is 1. The molecule has 1 N–H and O–H groups in total. The fraction of sp³-hybridized carbons (Fsp3) is 0.286. The van der Waals surface area contributed by atoms with Gasteiger partial charge in [0.05, 0.1) is 4.47 Å². The van der Waals surface area contributed by atoms with E-state index in [4.69, 9.17) is 9.84 Å². The second-order valence-electron chi connectivity index (χ2n) is 4.35. The smallest absolute Gasteiger partial charge is 0.328 e. The quantitative estimate of drug-likeness (QED) is 0.835. The molecule has 1 atom stereocenters. The molecule has 0 aromatic heterocycles. The van der Waals surface area contributed by atoms with Gasteiger partial charge < -0.3 is 14.7 Å². The number of halogens is 1. The number of carbonyl (C=O) groups is 2. The van der Waals surface area contributed by atoms with Crippen LogP contribution >= 0.6 is 15.9 Å². The van der Waals surface area contributed by atoms with E-state index in [1.165, 1.54) is 11.0 Å². The molecule has 108 valence electrons. The molecule has 0 saturated carbocycles. The van der Waals surface area contributed by atoms with Crippen LogP contribution in [0.1, 0.15) is 12.5 Å². The molecule has 0 aliphatic rings. The fourth-order valence-corrected chi connectivity index (χ4v) is 1.98. The van der Waals surface area contributed by atoms with E-state index in [2.05, 4.69) is 15.9 Å². The Labute approximate surface area is 126 Å². The number of aliphatic carboxylic acids is 1. The lowest BCUT2D eigenvalue weighted by molar-refractivity contribution is -0.135. The highest BCUT2D eigenvalue weighted by molar-refractivity contribution is 9.10. The number of carboxylic acid groups (broad SMARTS) is 1. The van der Waals surface area contributed by atoms with Crippen LogP contribution in [0.4, 0.5) is 0 Å². The molecule has 1 rings (SSSR count). The third kappa shape index (κ3) is 4.70. The van der Waals surface area contributed by atoms with E-state index >= 15 is 0 Å². The lowest BCUT2D eigenvalue weighted by Crippen LogP contribution is -2.35. The van der Waals surface area contributed by atoms with Crippen molar-refractivity contribution in [2.24, 2.45) is 0 Å². The SMILES string of the molecule is CC(Oc1ccc(C=CC(=O)O)cc1Br)C(=O)N(C)C. The molecule has 1 aromatic rings. The zero-order valence-corrected chi connectivity index (χ0v) is 13.0. The average molecular weight is 342 g/mol. The molecule has 5 nitrogen and oxygen atoms in total. The number of amides is 1. The number of likely N-dealkylation sites (N-methyl/N-ethyl adjacent to an activating group) is 1. The lowest BCUT2D eigenvalue weighted by Gasteiger charge is -2.19. The molecule has 0 fully saturated rings. The Morgan fingerprint density at radius 3 is 2.55 bits per heavy atom. The van der Waals surface area contributed by atoms with Crippen LogP contribution in [0.3, 0.4) is 0 Å². The number of hydrogen-bond acceptors (Lipinski definition) is 3. The monoisotopic (exact) mass is 341 g/mol. The van der Waals surface area contributed by atoms with Crippen LogP contribution in [0.25, 0.3) is 6.08 Å². The number of nitrogens with zero attached hydrogens (tertiary/aromatic N) is 1. The highest BCUT2D eigenvalue weighted by Gasteiger charge is 2.17. The van der Waals surface area contributed by atoms with Crippen LogP contribution in [0.15, 0.2) is 28.7 Å². The van der Waals surface area contributed by atoms with E-state index in [1.54, 1.807) is 39.2 Å². The van der Waals surface area contributed by atoms with Gasteiger partial charge in [0, 0.05) is 20.2 Å². The topological polar surface area (TPSA) is 66.8 Å². The summed E-state index contributed by atoms with van der Waals surface area (Å²) < 4.78 is 6.23. The van der Waals surface area contributed by atoms with Gasteiger partial charge in [-0.25, -0.2) is 4.79 Å². The van der Waals surface area contributed by atoms with Gasteiger partial charge in [0.15, 0.2) is 6.10 Å². The van der Waals surface area contributed by atoms with Crippen molar-refractivity contribution >= 4 is 33.9 Å². The minimum atomic E-state index is -1.01. The second-order valence-corrected chi connectivity index (χ2v) is 5.21. The Balaban J connectivity index is 2.83. The third-order valence-electron chi connectivity index (χ3n) is 2.47. The average Bonchev–Trinajstić information content (AvgIpc) is 2.37. The van der Waals surface area contributed by atoms with Gasteiger partial charge in [-0.3, -0.25) is 4.79 Å². The van der Waals surface area contributed by atoms with E-state index in [-0.39, 0.29) is 5.91 Å². The summed E-state index contributed by atoms with van der Waals surface area (Å²) in [6.45, 7) is 1.67. The fourth-order valence-electron chi connectivity index (χ4n) is 1.49. The first-order valence-electron chi connectivity index (χ1n) is 5.89. The molecule has 0 saturated heterocycles. The summed E-state index contributed by atoms with van der Waals surface area (Å²) in [6.07, 6.45) is 1.94. The summed E-state index contributed by atoms with van der Waals surface area (Å²) in [6, 6.07) is 5.12. The van der Waals surface area contributed by atoms with Crippen LogP contribution in [0, 0.1) is 0 Å². The highest BCUT2D eigenvalue weighted by atomic mass is 79.9. The second kappa shape index (κ2) is 7.09. The van der Waals surface area contributed by atoms with Crippen molar-refractivity contribution < 1.29 is 19.4 Å². The van der Waals surface area contributed by atoms with Crippen LogP contribution in [-0.2, 0) is 9.59 Å². The molecule has 0 spiro atoms. The minimum absolute atomic E-state index is 0.133. The van der Waals surface area contributed by atoms with Gasteiger partial charge >= 0.3 is 5.97 Å². The Morgan fingerprint density at radius 2 is 2.05 bits per heavy atom. The Hall–Kier alpha value is -1.82. The van der Waals surface area contributed by atoms with Crippen molar-refractivity contribution in [1.82, 2.24) is 4.90 Å². The summed E-state index contributed by atoms with van der Waals surface area (Å²) in [4.78, 5) is 23.6. The van der Waals surface area contributed by atoms with Crippen LogP contribution in [0.5, 0.6) is 5.75 Å². The van der Waals surface area contributed by atoms with Gasteiger partial charge in [-0.15, -0.1) is 0 Å². The summed E-state index contributed by atoms with van der Waals surface area (Å²) in [5.41, 5.74) is 0.721. The molecule has 0 aliphatic heterocycles. The molecule has 1 unspecified atom stereocenters. The zero-order valence-electron chi connectivity index (χ0n) is 11.5. The van der Waals surface area contributed by atoms with E-state index < -0.39 is 12.1 Å². The van der Waals surface area contributed by atoms with Crippen molar-refractivity contribution in [1.29, 1.82) is 0 Å². The molecule has 0 heterocycles. The largest absolute Gasteiger partial charge is 0.480 e. The van der Waals surface area contributed by atoms with E-state index in [1.807, 2.05) is 0 Å². The molecule has 1 aromatic carbocycles. The molecular weight excluding hydrogens is 326 g/mol. The van der Waals surface area contributed by atoms with Gasteiger partial charge in [-0.05, 0) is 46.6 Å². The normalized spacial score (nSPS) is 12.2. The maximum Gasteiger partial charge on any atom is 0.328 e. The molecule has 20 heavy (non-hydrogen) atoms. The van der Waals surface area contributed by atoms with Gasteiger partial charge in [0.2, 0.25) is 0 Å². The highest BCUT2D eigenvalue weighted by Crippen LogP contribution is 2.27. The number of carboxylic acids is 1. The van der Waals surface area contributed by atoms with Crippen LogP contribution in [0.2, 0.25) is 0 Å². The molecule has 0 aliphatic carbocycles. The molecule has 6 heteroatoms. The maximum atomic E-state index is 11.7. The molecule has 1 amide bonds. The standard InChI is InChI=1S/C14H16BrNO4/c1-9(14(19)16(2)3)20-12-6-4-10(8-11(12)15)5-7-13(17)18/h4-9H,1-3H3,(H,17,18). The van der Waals surface area contributed by atoms with Crippen molar-refractivity contribution in [2.75, 3.05) is 14.1 Å². The molecule has 0 radical (unpaired) electrons.